The molecule has 146 valence electrons. The van der Waals surface area contributed by atoms with Crippen molar-refractivity contribution in [3.05, 3.63) is 82.9 Å². The molecule has 0 unspecified atom stereocenters. The van der Waals surface area contributed by atoms with Gasteiger partial charge in [0.25, 0.3) is 5.91 Å². The van der Waals surface area contributed by atoms with Crippen LogP contribution in [0.15, 0.2) is 60.7 Å². The number of hydrogen-bond donors (Lipinski definition) is 2. The van der Waals surface area contributed by atoms with Crippen LogP contribution in [0.5, 0.6) is 5.75 Å². The number of benzene rings is 3. The Balaban J connectivity index is 1.34. The number of hydrogen-bond acceptors (Lipinski definition) is 3. The Kier molecular flexibility index (Phi) is 5.32. The molecule has 0 fully saturated rings. The van der Waals surface area contributed by atoms with Crippen LogP contribution in [-0.2, 0) is 11.2 Å². The Hall–Kier alpha value is -3.18. The van der Waals surface area contributed by atoms with E-state index in [1.54, 1.807) is 0 Å². The Morgan fingerprint density at radius 2 is 1.79 bits per heavy atom. The van der Waals surface area contributed by atoms with Gasteiger partial charge < -0.3 is 10.1 Å². The average molecular weight is 403 g/mol. The summed E-state index contributed by atoms with van der Waals surface area (Å²) in [6.07, 6.45) is 0.907. The highest BCUT2D eigenvalue weighted by atomic mass is 32.1. The van der Waals surface area contributed by atoms with E-state index in [9.17, 15) is 4.79 Å². The highest BCUT2D eigenvalue weighted by Gasteiger charge is 2.18. The molecule has 0 aromatic heterocycles. The lowest BCUT2D eigenvalue weighted by Crippen LogP contribution is -2.37. The SMILES string of the molecule is Cc1cccc(OCC(=O)NC(=S)Nc2ccc3c(c2)Cc2ccccc2-3)c1C. The van der Waals surface area contributed by atoms with E-state index in [0.29, 0.717) is 5.75 Å². The van der Waals surface area contributed by atoms with Crippen molar-refractivity contribution in [2.24, 2.45) is 0 Å². The van der Waals surface area contributed by atoms with E-state index in [2.05, 4.69) is 47.0 Å². The highest BCUT2D eigenvalue weighted by Crippen LogP contribution is 2.37. The monoisotopic (exact) mass is 402 g/mol. The van der Waals surface area contributed by atoms with Gasteiger partial charge in [-0.1, -0.05) is 42.5 Å². The molecular formula is C24H22N2O2S. The number of anilines is 1. The fourth-order valence-electron chi connectivity index (χ4n) is 3.57. The first kappa shape index (κ1) is 19.2. The lowest BCUT2D eigenvalue weighted by molar-refractivity contribution is -0.121. The van der Waals surface area contributed by atoms with E-state index in [1.807, 2.05) is 38.1 Å². The van der Waals surface area contributed by atoms with Gasteiger partial charge in [-0.05, 0) is 84.1 Å². The summed E-state index contributed by atoms with van der Waals surface area (Å²) in [5.41, 5.74) is 8.13. The molecule has 29 heavy (non-hydrogen) atoms. The minimum Gasteiger partial charge on any atom is -0.483 e. The summed E-state index contributed by atoms with van der Waals surface area (Å²) in [5, 5.41) is 6.03. The van der Waals surface area contributed by atoms with Gasteiger partial charge in [-0.3, -0.25) is 10.1 Å². The maximum absolute atomic E-state index is 12.2. The quantitative estimate of drug-likeness (QED) is 0.483. The van der Waals surface area contributed by atoms with Gasteiger partial charge in [-0.25, -0.2) is 0 Å². The predicted molar refractivity (Wildman–Crippen MR) is 120 cm³/mol. The van der Waals surface area contributed by atoms with Crippen molar-refractivity contribution in [3.8, 4) is 16.9 Å². The normalized spacial score (nSPS) is 11.4. The van der Waals surface area contributed by atoms with Gasteiger partial charge in [-0.2, -0.15) is 0 Å². The Morgan fingerprint density at radius 3 is 2.66 bits per heavy atom. The van der Waals surface area contributed by atoms with Crippen molar-refractivity contribution in [1.29, 1.82) is 0 Å². The van der Waals surface area contributed by atoms with Crippen molar-refractivity contribution in [3.63, 3.8) is 0 Å². The second kappa shape index (κ2) is 8.05. The summed E-state index contributed by atoms with van der Waals surface area (Å²) in [6.45, 7) is 3.89. The fraction of sp³-hybridized carbons (Fsp3) is 0.167. The first-order chi connectivity index (χ1) is 14.0. The van der Waals surface area contributed by atoms with Crippen molar-refractivity contribution in [1.82, 2.24) is 5.32 Å². The van der Waals surface area contributed by atoms with Gasteiger partial charge in [0.15, 0.2) is 11.7 Å². The van der Waals surface area contributed by atoms with Crippen molar-refractivity contribution >= 4 is 28.9 Å². The summed E-state index contributed by atoms with van der Waals surface area (Å²) in [4.78, 5) is 12.2. The molecular weight excluding hydrogens is 380 g/mol. The van der Waals surface area contributed by atoms with E-state index < -0.39 is 0 Å². The number of fused-ring (bicyclic) bond motifs is 3. The third-order valence-electron chi connectivity index (χ3n) is 5.22. The third kappa shape index (κ3) is 4.15. The van der Waals surface area contributed by atoms with Crippen LogP contribution in [0.1, 0.15) is 22.3 Å². The van der Waals surface area contributed by atoms with Gasteiger partial charge in [0.05, 0.1) is 0 Å². The molecule has 1 aliphatic rings. The lowest BCUT2D eigenvalue weighted by Gasteiger charge is -2.13. The van der Waals surface area contributed by atoms with E-state index in [4.69, 9.17) is 17.0 Å². The van der Waals surface area contributed by atoms with E-state index in [0.717, 1.165) is 23.2 Å². The van der Waals surface area contributed by atoms with Crippen LogP contribution >= 0.6 is 12.2 Å². The molecule has 4 nitrogen and oxygen atoms in total. The second-order valence-corrected chi connectivity index (χ2v) is 7.60. The molecule has 0 heterocycles. The van der Waals surface area contributed by atoms with Crippen LogP contribution in [-0.4, -0.2) is 17.6 Å². The molecule has 0 spiro atoms. The lowest BCUT2D eigenvalue weighted by atomic mass is 10.1. The fourth-order valence-corrected chi connectivity index (χ4v) is 3.80. The van der Waals surface area contributed by atoms with Crippen LogP contribution in [0.3, 0.4) is 0 Å². The van der Waals surface area contributed by atoms with Gasteiger partial charge >= 0.3 is 0 Å². The molecule has 0 saturated heterocycles. The maximum Gasteiger partial charge on any atom is 0.264 e. The number of rotatable bonds is 4. The van der Waals surface area contributed by atoms with Crippen LogP contribution in [0.2, 0.25) is 0 Å². The minimum absolute atomic E-state index is 0.0917. The predicted octanol–water partition coefficient (Wildman–Crippen LogP) is 4.77. The Morgan fingerprint density at radius 1 is 1.00 bits per heavy atom. The minimum atomic E-state index is -0.294. The van der Waals surface area contributed by atoms with Crippen LogP contribution in [0.25, 0.3) is 11.1 Å². The molecule has 0 bridgehead atoms. The number of carbonyl (C=O) groups excluding carboxylic acids is 1. The molecule has 0 saturated carbocycles. The summed E-state index contributed by atoms with van der Waals surface area (Å²) in [7, 11) is 0. The molecule has 0 aliphatic heterocycles. The topological polar surface area (TPSA) is 50.4 Å². The van der Waals surface area contributed by atoms with Gasteiger partial charge in [0, 0.05) is 5.69 Å². The van der Waals surface area contributed by atoms with Gasteiger partial charge in [0.1, 0.15) is 5.75 Å². The third-order valence-corrected chi connectivity index (χ3v) is 5.42. The van der Waals surface area contributed by atoms with Crippen molar-refractivity contribution < 1.29 is 9.53 Å². The molecule has 4 rings (SSSR count). The molecule has 5 heteroatoms. The zero-order valence-electron chi connectivity index (χ0n) is 16.4. The number of aryl methyl sites for hydroxylation is 1. The molecule has 3 aromatic carbocycles. The summed E-state index contributed by atoms with van der Waals surface area (Å²) in [5.74, 6) is 0.411. The zero-order valence-corrected chi connectivity index (χ0v) is 17.2. The molecule has 0 radical (unpaired) electrons. The van der Waals surface area contributed by atoms with Crippen molar-refractivity contribution in [2.45, 2.75) is 20.3 Å². The largest absolute Gasteiger partial charge is 0.483 e. The summed E-state index contributed by atoms with van der Waals surface area (Å²) >= 11 is 5.29. The molecule has 3 aromatic rings. The number of ether oxygens (including phenoxy) is 1. The molecule has 2 N–H and O–H groups in total. The van der Waals surface area contributed by atoms with Crippen molar-refractivity contribution in [2.75, 3.05) is 11.9 Å². The standard InChI is InChI=1S/C24H22N2O2S/c1-15-6-5-9-22(16(15)2)28-14-23(27)26-24(29)25-19-10-11-21-18(13-19)12-17-7-3-4-8-20(17)21/h3-11,13H,12,14H2,1-2H3,(H2,25,26,27,29). The average Bonchev–Trinajstić information content (AvgIpc) is 3.06. The number of nitrogens with one attached hydrogen (secondary N) is 2. The number of amides is 1. The Bertz CT molecular complexity index is 1110. The van der Waals surface area contributed by atoms with E-state index in [-0.39, 0.29) is 17.6 Å². The van der Waals surface area contributed by atoms with E-state index in [1.165, 1.54) is 22.3 Å². The van der Waals surface area contributed by atoms with Crippen LogP contribution in [0, 0.1) is 13.8 Å². The summed E-state index contributed by atoms with van der Waals surface area (Å²) < 4.78 is 5.63. The first-order valence-corrected chi connectivity index (χ1v) is 9.93. The number of thiocarbonyl (C=S) groups is 1. The van der Waals surface area contributed by atoms with Crippen LogP contribution < -0.4 is 15.4 Å². The van der Waals surface area contributed by atoms with Crippen LogP contribution in [0.4, 0.5) is 5.69 Å². The molecule has 1 amide bonds. The maximum atomic E-state index is 12.2. The first-order valence-electron chi connectivity index (χ1n) is 9.52. The Labute approximate surface area is 175 Å². The second-order valence-electron chi connectivity index (χ2n) is 7.19. The smallest absolute Gasteiger partial charge is 0.264 e. The molecule has 1 aliphatic carbocycles. The van der Waals surface area contributed by atoms with E-state index >= 15 is 0 Å². The number of carbonyl (C=O) groups is 1. The molecule has 0 atom stereocenters. The summed E-state index contributed by atoms with van der Waals surface area (Å²) in [6, 6.07) is 20.4. The zero-order chi connectivity index (χ0) is 20.4. The highest BCUT2D eigenvalue weighted by molar-refractivity contribution is 7.80. The van der Waals surface area contributed by atoms with Gasteiger partial charge in [-0.15, -0.1) is 0 Å². The van der Waals surface area contributed by atoms with Gasteiger partial charge in [0.2, 0.25) is 0 Å².